The fraction of sp³-hybridized carbons (Fsp3) is 0.125. The third-order valence-corrected chi connectivity index (χ3v) is 1.90. The van der Waals surface area contributed by atoms with Crippen LogP contribution in [-0.4, -0.2) is 9.78 Å². The molecule has 1 aromatic heterocycles. The van der Waals surface area contributed by atoms with Gasteiger partial charge in [0.05, 0.1) is 5.52 Å². The van der Waals surface area contributed by atoms with Gasteiger partial charge >= 0.3 is 0 Å². The Morgan fingerprint density at radius 3 is 2.83 bits per heavy atom. The van der Waals surface area contributed by atoms with Crippen molar-refractivity contribution in [2.24, 2.45) is 7.05 Å². The average molecular weight is 162 g/mol. The standard InChI is InChI=1S/C8H10N4/c1-12-7-4-5(9)2-3-6(7)8(10)11-12/h2-4H,9H2,1H3,(H2,10,11). The van der Waals surface area contributed by atoms with E-state index in [1.807, 2.05) is 25.2 Å². The first kappa shape index (κ1) is 6.97. The van der Waals surface area contributed by atoms with E-state index >= 15 is 0 Å². The Morgan fingerprint density at radius 2 is 2.08 bits per heavy atom. The SMILES string of the molecule is Cn1nc(N)c2ccc(N)cc21. The van der Waals surface area contributed by atoms with E-state index in [9.17, 15) is 0 Å². The van der Waals surface area contributed by atoms with E-state index < -0.39 is 0 Å². The Hall–Kier alpha value is -1.71. The van der Waals surface area contributed by atoms with Gasteiger partial charge in [0.2, 0.25) is 0 Å². The normalized spacial score (nSPS) is 10.8. The lowest BCUT2D eigenvalue weighted by atomic mass is 10.2. The number of hydrogen-bond acceptors (Lipinski definition) is 3. The lowest BCUT2D eigenvalue weighted by molar-refractivity contribution is 0.802. The summed E-state index contributed by atoms with van der Waals surface area (Å²) < 4.78 is 1.72. The molecule has 0 radical (unpaired) electrons. The molecule has 4 N–H and O–H groups in total. The Balaban J connectivity index is 2.90. The van der Waals surface area contributed by atoms with Gasteiger partial charge in [-0.25, -0.2) is 0 Å². The molecule has 4 heteroatoms. The first-order chi connectivity index (χ1) is 5.68. The zero-order valence-electron chi connectivity index (χ0n) is 6.78. The number of benzene rings is 1. The molecule has 12 heavy (non-hydrogen) atoms. The number of rotatable bonds is 0. The van der Waals surface area contributed by atoms with Gasteiger partial charge in [0.15, 0.2) is 5.82 Å². The highest BCUT2D eigenvalue weighted by Crippen LogP contribution is 2.21. The maximum Gasteiger partial charge on any atom is 0.153 e. The molecule has 0 aliphatic carbocycles. The molecule has 0 atom stereocenters. The Labute approximate surface area is 69.8 Å². The van der Waals surface area contributed by atoms with Crippen molar-refractivity contribution in [3.8, 4) is 0 Å². The third kappa shape index (κ3) is 0.812. The van der Waals surface area contributed by atoms with Gasteiger partial charge in [-0.1, -0.05) is 0 Å². The largest absolute Gasteiger partial charge is 0.399 e. The summed E-state index contributed by atoms with van der Waals surface area (Å²) in [7, 11) is 1.85. The predicted octanol–water partition coefficient (Wildman–Crippen LogP) is 0.738. The molecule has 1 heterocycles. The molecule has 0 spiro atoms. The molecule has 1 aromatic carbocycles. The van der Waals surface area contributed by atoms with Crippen LogP contribution in [0.15, 0.2) is 18.2 Å². The summed E-state index contributed by atoms with van der Waals surface area (Å²) in [4.78, 5) is 0. The molecule has 0 saturated heterocycles. The Morgan fingerprint density at radius 1 is 1.33 bits per heavy atom. The van der Waals surface area contributed by atoms with Gasteiger partial charge in [-0.15, -0.1) is 0 Å². The molecule has 2 rings (SSSR count). The van der Waals surface area contributed by atoms with Crippen LogP contribution in [-0.2, 0) is 7.05 Å². The monoisotopic (exact) mass is 162 g/mol. The van der Waals surface area contributed by atoms with Gasteiger partial charge in [-0.05, 0) is 18.2 Å². The molecule has 0 unspecified atom stereocenters. The summed E-state index contributed by atoms with van der Waals surface area (Å²) in [5.74, 6) is 0.549. The van der Waals surface area contributed by atoms with Gasteiger partial charge in [0.25, 0.3) is 0 Å². The second-order valence-corrected chi connectivity index (χ2v) is 2.79. The van der Waals surface area contributed by atoms with Crippen LogP contribution in [0, 0.1) is 0 Å². The van der Waals surface area contributed by atoms with Gasteiger partial charge in [-0.3, -0.25) is 4.68 Å². The van der Waals surface area contributed by atoms with E-state index in [2.05, 4.69) is 5.10 Å². The van der Waals surface area contributed by atoms with Crippen LogP contribution in [0.4, 0.5) is 11.5 Å². The minimum absolute atomic E-state index is 0.549. The second kappa shape index (κ2) is 2.14. The van der Waals surface area contributed by atoms with Crippen molar-refractivity contribution in [1.82, 2.24) is 9.78 Å². The minimum Gasteiger partial charge on any atom is -0.399 e. The number of aryl methyl sites for hydroxylation is 1. The Bertz CT molecular complexity index is 430. The van der Waals surface area contributed by atoms with E-state index in [-0.39, 0.29) is 0 Å². The van der Waals surface area contributed by atoms with Crippen LogP contribution < -0.4 is 11.5 Å². The quantitative estimate of drug-likeness (QED) is 0.561. The van der Waals surface area contributed by atoms with Crippen LogP contribution in [0.25, 0.3) is 10.9 Å². The van der Waals surface area contributed by atoms with Gasteiger partial charge in [-0.2, -0.15) is 5.10 Å². The van der Waals surface area contributed by atoms with Crippen LogP contribution in [0.3, 0.4) is 0 Å². The highest BCUT2D eigenvalue weighted by molar-refractivity contribution is 5.90. The topological polar surface area (TPSA) is 69.9 Å². The maximum absolute atomic E-state index is 5.65. The zero-order chi connectivity index (χ0) is 8.72. The van der Waals surface area contributed by atoms with E-state index in [1.165, 1.54) is 0 Å². The van der Waals surface area contributed by atoms with Gasteiger partial charge in [0, 0.05) is 18.1 Å². The molecule has 4 nitrogen and oxygen atoms in total. The number of nitrogens with zero attached hydrogens (tertiary/aromatic N) is 2. The summed E-state index contributed by atoms with van der Waals surface area (Å²) in [6, 6.07) is 5.56. The van der Waals surface area contributed by atoms with Crippen molar-refractivity contribution in [3.05, 3.63) is 18.2 Å². The second-order valence-electron chi connectivity index (χ2n) is 2.79. The van der Waals surface area contributed by atoms with Crippen LogP contribution in [0.1, 0.15) is 0 Å². The Kier molecular flexibility index (Phi) is 1.24. The van der Waals surface area contributed by atoms with Crippen molar-refractivity contribution in [2.75, 3.05) is 11.5 Å². The fourth-order valence-corrected chi connectivity index (χ4v) is 1.30. The van der Waals surface area contributed by atoms with Gasteiger partial charge < -0.3 is 11.5 Å². The summed E-state index contributed by atoms with van der Waals surface area (Å²) in [5, 5.41) is 5.02. The predicted molar refractivity (Wildman–Crippen MR) is 49.5 cm³/mol. The van der Waals surface area contributed by atoms with Crippen molar-refractivity contribution in [2.45, 2.75) is 0 Å². The highest BCUT2D eigenvalue weighted by Gasteiger charge is 2.03. The van der Waals surface area contributed by atoms with Gasteiger partial charge in [0.1, 0.15) is 0 Å². The first-order valence-corrected chi connectivity index (χ1v) is 3.66. The van der Waals surface area contributed by atoms with Crippen LogP contribution in [0.2, 0.25) is 0 Å². The molecular formula is C8H10N4. The number of nitrogen functional groups attached to an aromatic ring is 2. The lowest BCUT2D eigenvalue weighted by Crippen LogP contribution is -1.91. The number of hydrogen-bond donors (Lipinski definition) is 2. The smallest absolute Gasteiger partial charge is 0.153 e. The summed E-state index contributed by atoms with van der Waals surface area (Å²) in [6.07, 6.45) is 0. The number of nitrogens with two attached hydrogens (primary N) is 2. The van der Waals surface area contributed by atoms with Crippen molar-refractivity contribution < 1.29 is 0 Å². The molecular weight excluding hydrogens is 152 g/mol. The number of fused-ring (bicyclic) bond motifs is 1. The van der Waals surface area contributed by atoms with E-state index in [0.717, 1.165) is 16.6 Å². The molecule has 0 aliphatic heterocycles. The molecule has 0 bridgehead atoms. The number of aromatic nitrogens is 2. The maximum atomic E-state index is 5.65. The molecule has 62 valence electrons. The van der Waals surface area contributed by atoms with Crippen molar-refractivity contribution in [3.63, 3.8) is 0 Å². The molecule has 0 amide bonds. The summed E-state index contributed by atoms with van der Waals surface area (Å²) in [5.41, 5.74) is 13.0. The fourth-order valence-electron chi connectivity index (χ4n) is 1.30. The highest BCUT2D eigenvalue weighted by atomic mass is 15.3. The van der Waals surface area contributed by atoms with Crippen molar-refractivity contribution in [1.29, 1.82) is 0 Å². The van der Waals surface area contributed by atoms with Crippen LogP contribution in [0.5, 0.6) is 0 Å². The molecule has 0 fully saturated rings. The molecule has 2 aromatic rings. The third-order valence-electron chi connectivity index (χ3n) is 1.90. The van der Waals surface area contributed by atoms with Crippen LogP contribution >= 0.6 is 0 Å². The minimum atomic E-state index is 0.549. The molecule has 0 aliphatic rings. The zero-order valence-corrected chi connectivity index (χ0v) is 6.78. The van der Waals surface area contributed by atoms with E-state index in [1.54, 1.807) is 4.68 Å². The summed E-state index contributed by atoms with van der Waals surface area (Å²) >= 11 is 0. The van der Waals surface area contributed by atoms with E-state index in [0.29, 0.717) is 5.82 Å². The van der Waals surface area contributed by atoms with E-state index in [4.69, 9.17) is 11.5 Å². The first-order valence-electron chi connectivity index (χ1n) is 3.66. The lowest BCUT2D eigenvalue weighted by Gasteiger charge is -1.94. The summed E-state index contributed by atoms with van der Waals surface area (Å²) in [6.45, 7) is 0. The number of anilines is 2. The average Bonchev–Trinajstić information content (AvgIpc) is 2.28. The van der Waals surface area contributed by atoms with Crippen molar-refractivity contribution >= 4 is 22.4 Å². The molecule has 0 saturated carbocycles.